The molecule has 1 aromatic heterocycles. The van der Waals surface area contributed by atoms with Crippen molar-refractivity contribution < 1.29 is 13.2 Å². The maximum absolute atomic E-state index is 12.7. The molecule has 10 heteroatoms. The predicted molar refractivity (Wildman–Crippen MR) is 100 cm³/mol. The van der Waals surface area contributed by atoms with Gasteiger partial charge in [0.1, 0.15) is 16.2 Å². The van der Waals surface area contributed by atoms with Crippen LogP contribution in [0.2, 0.25) is 0 Å². The first kappa shape index (κ1) is 18.1. The van der Waals surface area contributed by atoms with Gasteiger partial charge in [-0.15, -0.1) is 23.2 Å². The van der Waals surface area contributed by atoms with E-state index < -0.39 is 26.1 Å². The molecule has 2 heterocycles. The second-order valence-electron chi connectivity index (χ2n) is 7.01. The van der Waals surface area contributed by atoms with Crippen LogP contribution in [0.4, 0.5) is 0 Å². The van der Waals surface area contributed by atoms with E-state index >= 15 is 0 Å². The molecule has 2 aromatic rings. The maximum Gasteiger partial charge on any atom is 0.279 e. The van der Waals surface area contributed by atoms with Crippen LogP contribution >= 0.6 is 23.2 Å². The fraction of sp³-hybridized carbons (Fsp3) is 0.438. The number of alkyl halides is 2. The summed E-state index contributed by atoms with van der Waals surface area (Å²) in [5.41, 5.74) is -0.369. The van der Waals surface area contributed by atoms with E-state index in [0.717, 1.165) is 15.2 Å². The lowest BCUT2D eigenvalue weighted by atomic mass is 9.55. The van der Waals surface area contributed by atoms with Crippen LogP contribution in [0.5, 0.6) is 0 Å². The van der Waals surface area contributed by atoms with Gasteiger partial charge in [-0.2, -0.15) is 12.7 Å². The normalized spacial score (nSPS) is 34.5. The first-order valence-electron chi connectivity index (χ1n) is 8.13. The second kappa shape index (κ2) is 5.59. The molecule has 2 aliphatic rings. The molecule has 4 N–H and O–H groups in total. The van der Waals surface area contributed by atoms with Crippen molar-refractivity contribution in [3.05, 3.63) is 36.0 Å². The van der Waals surface area contributed by atoms with E-state index in [9.17, 15) is 13.2 Å². The molecule has 4 unspecified atom stereocenters. The number of carbonyl (C=O) groups excluding carboxylic acids is 1. The molecule has 1 saturated carbocycles. The van der Waals surface area contributed by atoms with E-state index in [1.165, 1.54) is 0 Å². The minimum atomic E-state index is -4.04. The summed E-state index contributed by atoms with van der Waals surface area (Å²) in [7, 11) is -4.04. The number of hydrogen-bond acceptors (Lipinski definition) is 3. The minimum Gasteiger partial charge on any atom is -0.351 e. The first-order valence-corrected chi connectivity index (χ1v) is 10.4. The zero-order valence-corrected chi connectivity index (χ0v) is 16.2. The minimum absolute atomic E-state index is 0.282. The Hall–Kier alpha value is -1.32. The number of H-pyrrole nitrogens is 1. The van der Waals surface area contributed by atoms with Crippen molar-refractivity contribution in [3.63, 3.8) is 0 Å². The summed E-state index contributed by atoms with van der Waals surface area (Å²) in [6.07, 6.45) is 1.26. The number of amides is 1. The molecule has 0 radical (unpaired) electrons. The molecule has 7 nitrogen and oxygen atoms in total. The van der Waals surface area contributed by atoms with Crippen LogP contribution in [0.1, 0.15) is 30.3 Å². The Morgan fingerprint density at radius 2 is 2.12 bits per heavy atom. The van der Waals surface area contributed by atoms with Gasteiger partial charge in [0.2, 0.25) is 0 Å². The van der Waals surface area contributed by atoms with Crippen molar-refractivity contribution in [3.8, 4) is 0 Å². The lowest BCUT2D eigenvalue weighted by molar-refractivity contribution is -0.139. The fourth-order valence-electron chi connectivity index (χ4n) is 4.21. The largest absolute Gasteiger partial charge is 0.351 e. The highest BCUT2D eigenvalue weighted by molar-refractivity contribution is 7.87. The van der Waals surface area contributed by atoms with E-state index in [2.05, 4.69) is 10.3 Å². The van der Waals surface area contributed by atoms with E-state index in [4.69, 9.17) is 28.3 Å². The number of para-hydroxylation sites is 1. The van der Waals surface area contributed by atoms with Crippen LogP contribution in [0.15, 0.2) is 30.3 Å². The Bertz CT molecular complexity index is 973. The van der Waals surface area contributed by atoms with Crippen LogP contribution in [0.3, 0.4) is 0 Å². The molecule has 1 spiro atoms. The van der Waals surface area contributed by atoms with E-state index in [1.807, 2.05) is 24.3 Å². The first-order chi connectivity index (χ1) is 12.1. The summed E-state index contributed by atoms with van der Waals surface area (Å²) in [6.45, 7) is 1.57. The number of benzene rings is 1. The van der Waals surface area contributed by atoms with Gasteiger partial charge in [0.25, 0.3) is 16.1 Å². The standard InChI is InChI=1S/C16H18Cl2N4O3S/c1-15(18)16(14(17)22(15)26(19,24)25)7-6-12(16)21-13(23)11-8-9-4-2-3-5-10(9)20-11/h2-5,8,12,14,20H,6-7H2,1H3,(H,21,23)(H2,19,24,25). The second-order valence-corrected chi connectivity index (χ2v) is 9.58. The predicted octanol–water partition coefficient (Wildman–Crippen LogP) is 2.09. The molecule has 1 amide bonds. The van der Waals surface area contributed by atoms with Crippen molar-refractivity contribution in [2.45, 2.75) is 36.3 Å². The number of aromatic nitrogens is 1. The Labute approximate surface area is 161 Å². The van der Waals surface area contributed by atoms with Crippen molar-refractivity contribution in [1.82, 2.24) is 14.6 Å². The Kier molecular flexibility index (Phi) is 3.88. The van der Waals surface area contributed by atoms with Crippen molar-refractivity contribution in [2.75, 3.05) is 0 Å². The Morgan fingerprint density at radius 1 is 1.42 bits per heavy atom. The molecule has 2 fully saturated rings. The van der Waals surface area contributed by atoms with Gasteiger partial charge in [-0.1, -0.05) is 18.2 Å². The van der Waals surface area contributed by atoms with Gasteiger partial charge in [-0.25, -0.2) is 5.14 Å². The highest BCUT2D eigenvalue weighted by Gasteiger charge is 2.77. The quantitative estimate of drug-likeness (QED) is 0.526. The summed E-state index contributed by atoms with van der Waals surface area (Å²) in [4.78, 5) is 14.4. The lowest BCUT2D eigenvalue weighted by Gasteiger charge is -2.70. The third kappa shape index (κ3) is 2.26. The highest BCUT2D eigenvalue weighted by atomic mass is 35.5. The summed E-state index contributed by atoms with van der Waals surface area (Å²) < 4.78 is 24.4. The zero-order valence-electron chi connectivity index (χ0n) is 13.9. The summed E-state index contributed by atoms with van der Waals surface area (Å²) in [5.74, 6) is -0.282. The smallest absolute Gasteiger partial charge is 0.279 e. The average Bonchev–Trinajstić information content (AvgIpc) is 2.93. The van der Waals surface area contributed by atoms with Gasteiger partial charge in [-0.3, -0.25) is 4.79 Å². The van der Waals surface area contributed by atoms with Gasteiger partial charge in [-0.05, 0) is 31.9 Å². The van der Waals surface area contributed by atoms with Gasteiger partial charge >= 0.3 is 0 Å². The average molecular weight is 417 g/mol. The third-order valence-electron chi connectivity index (χ3n) is 5.72. The number of carbonyl (C=O) groups is 1. The summed E-state index contributed by atoms with van der Waals surface area (Å²) >= 11 is 12.9. The van der Waals surface area contributed by atoms with Crippen LogP contribution < -0.4 is 10.5 Å². The number of rotatable bonds is 3. The number of nitrogens with one attached hydrogen (secondary N) is 2. The zero-order chi connectivity index (χ0) is 18.9. The Balaban J connectivity index is 1.57. The lowest BCUT2D eigenvalue weighted by Crippen LogP contribution is -2.84. The van der Waals surface area contributed by atoms with Gasteiger partial charge in [0.15, 0.2) is 0 Å². The monoisotopic (exact) mass is 416 g/mol. The number of aromatic amines is 1. The number of halogens is 2. The molecular formula is C16H18Cl2N4O3S. The van der Waals surface area contributed by atoms with Crippen LogP contribution in [-0.2, 0) is 10.2 Å². The fourth-order valence-corrected chi connectivity index (χ4v) is 7.13. The van der Waals surface area contributed by atoms with Crippen LogP contribution in [-0.4, -0.2) is 40.2 Å². The summed E-state index contributed by atoms with van der Waals surface area (Å²) in [5, 5.41) is 9.10. The van der Waals surface area contributed by atoms with E-state index in [0.29, 0.717) is 18.5 Å². The van der Waals surface area contributed by atoms with Crippen molar-refractivity contribution in [1.29, 1.82) is 0 Å². The molecule has 1 aliphatic heterocycles. The van der Waals surface area contributed by atoms with E-state index in [1.54, 1.807) is 13.0 Å². The number of nitrogens with two attached hydrogens (primary N) is 1. The SMILES string of the molecule is CC1(Cl)N(S(N)(=O)=O)C(Cl)C12CCC2NC(=O)c1cc2ccccc2[nH]1. The van der Waals surface area contributed by atoms with Gasteiger partial charge in [0, 0.05) is 16.9 Å². The van der Waals surface area contributed by atoms with Crippen LogP contribution in [0.25, 0.3) is 10.9 Å². The van der Waals surface area contributed by atoms with E-state index in [-0.39, 0.29) is 11.9 Å². The number of nitrogens with zero attached hydrogens (tertiary/aromatic N) is 1. The van der Waals surface area contributed by atoms with Gasteiger partial charge < -0.3 is 10.3 Å². The number of hydrogen-bond donors (Lipinski definition) is 3. The molecule has 4 rings (SSSR count). The molecule has 140 valence electrons. The molecule has 1 saturated heterocycles. The molecule has 0 bridgehead atoms. The molecule has 4 atom stereocenters. The molecular weight excluding hydrogens is 399 g/mol. The van der Waals surface area contributed by atoms with Crippen molar-refractivity contribution in [2.24, 2.45) is 10.6 Å². The topological polar surface area (TPSA) is 108 Å². The third-order valence-corrected chi connectivity index (χ3v) is 8.18. The maximum atomic E-state index is 12.7. The van der Waals surface area contributed by atoms with Crippen LogP contribution in [0, 0.1) is 5.41 Å². The Morgan fingerprint density at radius 3 is 2.65 bits per heavy atom. The summed E-state index contributed by atoms with van der Waals surface area (Å²) in [6, 6.07) is 9.00. The highest BCUT2D eigenvalue weighted by Crippen LogP contribution is 2.67. The van der Waals surface area contributed by atoms with Crippen molar-refractivity contribution >= 4 is 50.2 Å². The molecule has 26 heavy (non-hydrogen) atoms. The van der Waals surface area contributed by atoms with Gasteiger partial charge in [0.05, 0.1) is 5.41 Å². The molecule has 1 aromatic carbocycles. The molecule has 1 aliphatic carbocycles. The number of fused-ring (bicyclic) bond motifs is 1.